The number of halogens is 2. The highest BCUT2D eigenvalue weighted by molar-refractivity contribution is 6.34. The Morgan fingerprint density at radius 2 is 1.93 bits per heavy atom. The summed E-state index contributed by atoms with van der Waals surface area (Å²) >= 11 is 6.60. The third-order valence-corrected chi connectivity index (χ3v) is 5.93. The van der Waals surface area contributed by atoms with Gasteiger partial charge >= 0.3 is 0 Å². The lowest BCUT2D eigenvalue weighted by Gasteiger charge is -2.32. The minimum Gasteiger partial charge on any atom is -0.495 e. The number of hydrogen-bond donors (Lipinski definition) is 0. The topological polar surface area (TPSA) is 47.4 Å². The summed E-state index contributed by atoms with van der Waals surface area (Å²) in [5.41, 5.74) is 4.87. The maximum Gasteiger partial charge on any atom is 0.263 e. The van der Waals surface area contributed by atoms with Crippen molar-refractivity contribution in [2.45, 2.75) is 33.2 Å². The summed E-state index contributed by atoms with van der Waals surface area (Å²) in [7, 11) is 1.61. The van der Waals surface area contributed by atoms with Crippen LogP contribution in [0, 0.1) is 19.7 Å². The van der Waals surface area contributed by atoms with Crippen LogP contribution in [0.3, 0.4) is 0 Å². The number of fused-ring (bicyclic) bond motifs is 1. The lowest BCUT2D eigenvalue weighted by Crippen LogP contribution is -2.36. The van der Waals surface area contributed by atoms with E-state index in [1.54, 1.807) is 35.7 Å². The molecule has 30 heavy (non-hydrogen) atoms. The maximum atomic E-state index is 13.6. The van der Waals surface area contributed by atoms with Gasteiger partial charge in [0.15, 0.2) is 0 Å². The van der Waals surface area contributed by atoms with E-state index in [-0.39, 0.29) is 16.9 Å². The standard InChI is InChI=1S/C23H23ClFN3O2/c1-14-6-11-19(30-3)21-18(14)5-4-12-27(21)23(29)20-15(2)26-28(22(20)24)13-16-7-9-17(25)10-8-16/h6-11H,4-5,12-13H2,1-3H3. The summed E-state index contributed by atoms with van der Waals surface area (Å²) in [5, 5.41) is 4.75. The molecule has 0 spiro atoms. The number of aromatic nitrogens is 2. The number of benzene rings is 2. The second-order valence-electron chi connectivity index (χ2n) is 7.51. The van der Waals surface area contributed by atoms with Gasteiger partial charge in [0.2, 0.25) is 0 Å². The lowest BCUT2D eigenvalue weighted by atomic mass is 9.95. The van der Waals surface area contributed by atoms with Crippen molar-refractivity contribution in [3.8, 4) is 5.75 Å². The Morgan fingerprint density at radius 3 is 2.63 bits per heavy atom. The van der Waals surface area contributed by atoms with E-state index in [0.29, 0.717) is 30.1 Å². The molecule has 0 unspecified atom stereocenters. The number of carbonyl (C=O) groups excluding carboxylic acids is 1. The van der Waals surface area contributed by atoms with E-state index in [1.807, 2.05) is 19.1 Å². The van der Waals surface area contributed by atoms with Gasteiger partial charge in [-0.2, -0.15) is 5.10 Å². The van der Waals surface area contributed by atoms with Crippen LogP contribution in [0.2, 0.25) is 5.15 Å². The second kappa shape index (κ2) is 8.11. The van der Waals surface area contributed by atoms with Gasteiger partial charge in [0, 0.05) is 6.54 Å². The Balaban J connectivity index is 1.71. The number of rotatable bonds is 4. The number of nitrogens with zero attached hydrogens (tertiary/aromatic N) is 3. The largest absolute Gasteiger partial charge is 0.495 e. The zero-order valence-corrected chi connectivity index (χ0v) is 18.0. The molecule has 4 rings (SSSR count). The number of anilines is 1. The molecular formula is C23H23ClFN3O2. The first kappa shape index (κ1) is 20.4. The van der Waals surface area contributed by atoms with Crippen LogP contribution >= 0.6 is 11.6 Å². The predicted molar refractivity (Wildman–Crippen MR) is 115 cm³/mol. The zero-order chi connectivity index (χ0) is 21.4. The first-order valence-corrected chi connectivity index (χ1v) is 10.2. The summed E-state index contributed by atoms with van der Waals surface area (Å²) in [6, 6.07) is 10.1. The van der Waals surface area contributed by atoms with E-state index in [2.05, 4.69) is 5.10 Å². The minimum absolute atomic E-state index is 0.187. The van der Waals surface area contributed by atoms with Crippen molar-refractivity contribution in [2.75, 3.05) is 18.6 Å². The number of methoxy groups -OCH3 is 1. The quantitative estimate of drug-likeness (QED) is 0.592. The van der Waals surface area contributed by atoms with Crippen LogP contribution in [0.4, 0.5) is 10.1 Å². The summed E-state index contributed by atoms with van der Waals surface area (Å²) in [6.07, 6.45) is 1.77. The van der Waals surface area contributed by atoms with Crippen LogP contribution in [0.5, 0.6) is 5.75 Å². The molecule has 0 bridgehead atoms. The van der Waals surface area contributed by atoms with Gasteiger partial charge < -0.3 is 9.64 Å². The van der Waals surface area contributed by atoms with Gasteiger partial charge in [0.1, 0.15) is 16.7 Å². The van der Waals surface area contributed by atoms with Crippen LogP contribution in [0.15, 0.2) is 36.4 Å². The van der Waals surface area contributed by atoms with E-state index in [1.165, 1.54) is 12.1 Å². The van der Waals surface area contributed by atoms with E-state index < -0.39 is 0 Å². The van der Waals surface area contributed by atoms with Crippen molar-refractivity contribution in [2.24, 2.45) is 0 Å². The molecule has 0 N–H and O–H groups in total. The van der Waals surface area contributed by atoms with Crippen molar-refractivity contribution in [3.05, 3.63) is 75.3 Å². The van der Waals surface area contributed by atoms with Crippen LogP contribution in [0.1, 0.15) is 39.2 Å². The second-order valence-corrected chi connectivity index (χ2v) is 7.87. The molecule has 1 aliphatic rings. The van der Waals surface area contributed by atoms with Crippen molar-refractivity contribution in [3.63, 3.8) is 0 Å². The van der Waals surface area contributed by atoms with Crippen molar-refractivity contribution in [1.82, 2.24) is 9.78 Å². The summed E-state index contributed by atoms with van der Waals surface area (Å²) in [6.45, 7) is 4.76. The summed E-state index contributed by atoms with van der Waals surface area (Å²) in [4.78, 5) is 15.3. The molecule has 5 nitrogen and oxygen atoms in total. The molecule has 0 fully saturated rings. The fraction of sp³-hybridized carbons (Fsp3) is 0.304. The van der Waals surface area contributed by atoms with Crippen LogP contribution < -0.4 is 9.64 Å². The van der Waals surface area contributed by atoms with E-state index in [0.717, 1.165) is 35.2 Å². The van der Waals surface area contributed by atoms with Crippen molar-refractivity contribution in [1.29, 1.82) is 0 Å². The molecule has 0 aliphatic carbocycles. The predicted octanol–water partition coefficient (Wildman–Crippen LogP) is 4.94. The first-order valence-electron chi connectivity index (χ1n) is 9.86. The van der Waals surface area contributed by atoms with Crippen LogP contribution in [-0.2, 0) is 13.0 Å². The van der Waals surface area contributed by atoms with Gasteiger partial charge in [0.25, 0.3) is 5.91 Å². The third-order valence-electron chi connectivity index (χ3n) is 5.55. The Hall–Kier alpha value is -2.86. The number of aryl methyl sites for hydroxylation is 2. The molecular weight excluding hydrogens is 405 g/mol. The average molecular weight is 428 g/mol. The van der Waals surface area contributed by atoms with Gasteiger partial charge in [-0.25, -0.2) is 9.07 Å². The Morgan fingerprint density at radius 1 is 1.20 bits per heavy atom. The molecule has 7 heteroatoms. The fourth-order valence-corrected chi connectivity index (χ4v) is 4.33. The number of amides is 1. The number of hydrogen-bond acceptors (Lipinski definition) is 3. The molecule has 1 aromatic heterocycles. The van der Waals surface area contributed by atoms with Gasteiger partial charge in [-0.05, 0) is 61.6 Å². The molecule has 0 atom stereocenters. The van der Waals surface area contributed by atoms with Crippen molar-refractivity contribution < 1.29 is 13.9 Å². The van der Waals surface area contributed by atoms with Gasteiger partial charge in [-0.3, -0.25) is 4.79 Å². The molecule has 2 aromatic carbocycles. The Kier molecular flexibility index (Phi) is 5.52. The van der Waals surface area contributed by atoms with E-state index in [4.69, 9.17) is 16.3 Å². The monoisotopic (exact) mass is 427 g/mol. The van der Waals surface area contributed by atoms with Crippen molar-refractivity contribution >= 4 is 23.2 Å². The molecule has 0 radical (unpaired) electrons. The van der Waals surface area contributed by atoms with E-state index >= 15 is 0 Å². The van der Waals surface area contributed by atoms with Crippen LogP contribution in [-0.4, -0.2) is 29.3 Å². The highest BCUT2D eigenvalue weighted by Crippen LogP contribution is 2.39. The molecule has 3 aromatic rings. The van der Waals surface area contributed by atoms with Crippen LogP contribution in [0.25, 0.3) is 0 Å². The highest BCUT2D eigenvalue weighted by Gasteiger charge is 2.31. The fourth-order valence-electron chi connectivity index (χ4n) is 4.02. The first-order chi connectivity index (χ1) is 14.4. The molecule has 2 heterocycles. The maximum absolute atomic E-state index is 13.6. The average Bonchev–Trinajstić information content (AvgIpc) is 3.02. The highest BCUT2D eigenvalue weighted by atomic mass is 35.5. The van der Waals surface area contributed by atoms with Gasteiger partial charge in [-0.15, -0.1) is 0 Å². The third kappa shape index (κ3) is 3.56. The zero-order valence-electron chi connectivity index (χ0n) is 17.2. The molecule has 1 amide bonds. The lowest BCUT2D eigenvalue weighted by molar-refractivity contribution is 0.0984. The molecule has 0 saturated heterocycles. The summed E-state index contributed by atoms with van der Waals surface area (Å²) < 4.78 is 20.3. The number of carbonyl (C=O) groups is 1. The SMILES string of the molecule is COc1ccc(C)c2c1N(C(=O)c1c(C)nn(Cc3ccc(F)cc3)c1Cl)CCC2. The van der Waals surface area contributed by atoms with E-state index in [9.17, 15) is 9.18 Å². The Bertz CT molecular complexity index is 1110. The molecule has 0 saturated carbocycles. The molecule has 1 aliphatic heterocycles. The minimum atomic E-state index is -0.301. The van der Waals surface area contributed by atoms with Gasteiger partial charge in [-0.1, -0.05) is 29.8 Å². The normalized spacial score (nSPS) is 13.3. The smallest absolute Gasteiger partial charge is 0.263 e. The van der Waals surface area contributed by atoms with Gasteiger partial charge in [0.05, 0.1) is 30.6 Å². The summed E-state index contributed by atoms with van der Waals surface area (Å²) in [5.74, 6) is 0.189. The number of ether oxygens (including phenoxy) is 1. The Labute approximate surface area is 180 Å². The molecule has 156 valence electrons.